The van der Waals surface area contributed by atoms with Crippen LogP contribution in [0.5, 0.6) is 5.75 Å². The Morgan fingerprint density at radius 3 is 2.48 bits per heavy atom. The summed E-state index contributed by atoms with van der Waals surface area (Å²) in [5, 5.41) is 3.44. The zero-order chi connectivity index (χ0) is 23.1. The van der Waals surface area contributed by atoms with Gasteiger partial charge in [0.05, 0.1) is 11.5 Å². The molecule has 1 atom stereocenters. The Morgan fingerprint density at radius 2 is 1.73 bits per heavy atom. The van der Waals surface area contributed by atoms with E-state index in [1.807, 2.05) is 6.07 Å². The van der Waals surface area contributed by atoms with Crippen LogP contribution in [0.25, 0.3) is 0 Å². The summed E-state index contributed by atoms with van der Waals surface area (Å²) in [6, 6.07) is 19.1. The molecule has 0 saturated carbocycles. The molecular weight excluding hydrogens is 408 g/mol. The highest BCUT2D eigenvalue weighted by atomic mass is 16.5. The van der Waals surface area contributed by atoms with Crippen molar-refractivity contribution in [2.45, 2.75) is 71.4 Å². The molecule has 4 nitrogen and oxygen atoms in total. The van der Waals surface area contributed by atoms with Crippen molar-refractivity contribution >= 4 is 5.91 Å². The number of nitrogens with one attached hydrogen (secondary N) is 1. The highest BCUT2D eigenvalue weighted by Crippen LogP contribution is 2.38. The lowest BCUT2D eigenvalue weighted by Gasteiger charge is -2.42. The Kier molecular flexibility index (Phi) is 8.08. The number of carbonyl (C=O) groups excluding carboxylic acids is 1. The van der Waals surface area contributed by atoms with Gasteiger partial charge in [-0.25, -0.2) is 0 Å². The molecule has 33 heavy (non-hydrogen) atoms. The van der Waals surface area contributed by atoms with Crippen LogP contribution in [0.2, 0.25) is 0 Å². The summed E-state index contributed by atoms with van der Waals surface area (Å²) >= 11 is 0. The Balaban J connectivity index is 1.47. The number of benzene rings is 2. The Labute approximate surface area is 199 Å². The van der Waals surface area contributed by atoms with E-state index in [1.165, 1.54) is 11.1 Å². The average Bonchev–Trinajstić information content (AvgIpc) is 2.82. The van der Waals surface area contributed by atoms with Gasteiger partial charge in [0.2, 0.25) is 5.91 Å². The van der Waals surface area contributed by atoms with Crippen LogP contribution in [-0.2, 0) is 17.8 Å². The molecule has 0 aliphatic carbocycles. The molecule has 1 N–H and O–H groups in total. The largest absolute Gasteiger partial charge is 0.491 e. The molecule has 1 fully saturated rings. The molecule has 2 aliphatic heterocycles. The van der Waals surface area contributed by atoms with E-state index in [-0.39, 0.29) is 17.4 Å². The summed E-state index contributed by atoms with van der Waals surface area (Å²) in [5.74, 6) is 1.74. The third-order valence-corrected chi connectivity index (χ3v) is 7.40. The number of piperidine rings is 1. The fourth-order valence-corrected chi connectivity index (χ4v) is 5.47. The van der Waals surface area contributed by atoms with E-state index < -0.39 is 0 Å². The fraction of sp³-hybridized carbons (Fsp3) is 0.552. The van der Waals surface area contributed by atoms with Crippen LogP contribution in [-0.4, -0.2) is 36.5 Å². The van der Waals surface area contributed by atoms with Gasteiger partial charge in [-0.15, -0.1) is 0 Å². The van der Waals surface area contributed by atoms with Crippen LogP contribution in [0, 0.1) is 11.3 Å². The number of hydrogen-bond acceptors (Lipinski definition) is 3. The highest BCUT2D eigenvalue weighted by molar-refractivity contribution is 5.83. The van der Waals surface area contributed by atoms with Crippen molar-refractivity contribution < 1.29 is 9.53 Å². The topological polar surface area (TPSA) is 41.6 Å². The standard InChI is InChI=1S/C29H40N2O2/c1-23(2)20-26-22-33-27-14-7-6-12-25(27)13-8-9-15-29(28(32)30-26)16-18-31(19-17-29)21-24-10-4-3-5-11-24/h3-7,10-12,14,23,26H,8-9,13,15-22H2,1-2H3,(H,30,32)/t26-/m0/s1. The second-order valence-electron chi connectivity index (χ2n) is 10.5. The number of nitrogens with zero attached hydrogens (tertiary/aromatic N) is 1. The van der Waals surface area contributed by atoms with E-state index in [4.69, 9.17) is 4.74 Å². The van der Waals surface area contributed by atoms with Gasteiger partial charge in [0.1, 0.15) is 12.4 Å². The van der Waals surface area contributed by atoms with Gasteiger partial charge in [-0.05, 0) is 74.7 Å². The number of hydrogen-bond donors (Lipinski definition) is 1. The van der Waals surface area contributed by atoms with Crippen molar-refractivity contribution in [2.75, 3.05) is 19.7 Å². The first-order valence-electron chi connectivity index (χ1n) is 12.8. The van der Waals surface area contributed by atoms with E-state index in [0.29, 0.717) is 12.5 Å². The minimum Gasteiger partial charge on any atom is -0.491 e. The zero-order valence-corrected chi connectivity index (χ0v) is 20.4. The number of para-hydroxylation sites is 1. The number of amides is 1. The van der Waals surface area contributed by atoms with Crippen molar-refractivity contribution in [1.29, 1.82) is 0 Å². The minimum atomic E-state index is -0.249. The molecular formula is C29H40N2O2. The average molecular weight is 449 g/mol. The number of likely N-dealkylation sites (tertiary alicyclic amines) is 1. The van der Waals surface area contributed by atoms with Gasteiger partial charge in [-0.3, -0.25) is 9.69 Å². The number of rotatable bonds is 4. The molecule has 2 heterocycles. The van der Waals surface area contributed by atoms with E-state index in [9.17, 15) is 4.79 Å². The van der Waals surface area contributed by atoms with Gasteiger partial charge in [0, 0.05) is 6.54 Å². The van der Waals surface area contributed by atoms with Gasteiger partial charge in [0.25, 0.3) is 0 Å². The maximum Gasteiger partial charge on any atom is 0.226 e. The summed E-state index contributed by atoms with van der Waals surface area (Å²) < 4.78 is 6.26. The van der Waals surface area contributed by atoms with Crippen LogP contribution >= 0.6 is 0 Å². The Bertz CT molecular complexity index is 888. The predicted octanol–water partition coefficient (Wildman–Crippen LogP) is 5.61. The summed E-state index contributed by atoms with van der Waals surface area (Å²) in [5.41, 5.74) is 2.39. The van der Waals surface area contributed by atoms with Crippen molar-refractivity contribution in [1.82, 2.24) is 10.2 Å². The molecule has 0 aromatic heterocycles. The van der Waals surface area contributed by atoms with Crippen molar-refractivity contribution in [3.05, 3.63) is 65.7 Å². The van der Waals surface area contributed by atoms with Crippen LogP contribution < -0.4 is 10.1 Å². The normalized spacial score (nSPS) is 22.0. The SMILES string of the molecule is CC(C)C[C@H]1COc2ccccc2CCCCC2(CCN(Cc3ccccc3)CC2)C(=O)N1. The first kappa shape index (κ1) is 23.8. The number of carbonyl (C=O) groups is 1. The Morgan fingerprint density at radius 1 is 1.00 bits per heavy atom. The van der Waals surface area contributed by atoms with Gasteiger partial charge in [-0.2, -0.15) is 0 Å². The molecule has 178 valence electrons. The summed E-state index contributed by atoms with van der Waals surface area (Å²) in [7, 11) is 0. The van der Waals surface area contributed by atoms with Crippen molar-refractivity contribution in [3.63, 3.8) is 0 Å². The van der Waals surface area contributed by atoms with E-state index in [0.717, 1.165) is 70.3 Å². The van der Waals surface area contributed by atoms with Gasteiger partial charge < -0.3 is 10.1 Å². The third kappa shape index (κ3) is 6.38. The summed E-state index contributed by atoms with van der Waals surface area (Å²) in [4.78, 5) is 16.2. The van der Waals surface area contributed by atoms with Crippen molar-refractivity contribution in [2.24, 2.45) is 11.3 Å². The van der Waals surface area contributed by atoms with Gasteiger partial charge in [-0.1, -0.05) is 68.8 Å². The Hall–Kier alpha value is -2.33. The molecule has 0 unspecified atom stereocenters. The fourth-order valence-electron chi connectivity index (χ4n) is 5.47. The molecule has 1 spiro atoms. The number of ether oxygens (including phenoxy) is 1. The zero-order valence-electron chi connectivity index (χ0n) is 20.4. The van der Waals surface area contributed by atoms with Crippen molar-refractivity contribution in [3.8, 4) is 5.75 Å². The van der Waals surface area contributed by atoms with Gasteiger partial charge >= 0.3 is 0 Å². The number of aryl methyl sites for hydroxylation is 1. The maximum absolute atomic E-state index is 13.7. The molecule has 1 saturated heterocycles. The maximum atomic E-state index is 13.7. The first-order chi connectivity index (χ1) is 16.0. The molecule has 2 aromatic carbocycles. The molecule has 2 aromatic rings. The quantitative estimate of drug-likeness (QED) is 0.661. The molecule has 0 bridgehead atoms. The highest BCUT2D eigenvalue weighted by Gasteiger charge is 2.41. The van der Waals surface area contributed by atoms with E-state index >= 15 is 0 Å². The smallest absolute Gasteiger partial charge is 0.226 e. The van der Waals surface area contributed by atoms with E-state index in [2.05, 4.69) is 72.6 Å². The van der Waals surface area contributed by atoms with Crippen LogP contribution in [0.15, 0.2) is 54.6 Å². The monoisotopic (exact) mass is 448 g/mol. The second kappa shape index (κ2) is 11.2. The lowest BCUT2D eigenvalue weighted by molar-refractivity contribution is -0.136. The summed E-state index contributed by atoms with van der Waals surface area (Å²) in [6.07, 6.45) is 6.99. The summed E-state index contributed by atoms with van der Waals surface area (Å²) in [6.45, 7) is 7.91. The molecule has 4 rings (SSSR count). The van der Waals surface area contributed by atoms with Crippen LogP contribution in [0.1, 0.15) is 63.5 Å². The van der Waals surface area contributed by atoms with E-state index in [1.54, 1.807) is 0 Å². The van der Waals surface area contributed by atoms with Gasteiger partial charge in [0.15, 0.2) is 0 Å². The van der Waals surface area contributed by atoms with Crippen LogP contribution in [0.3, 0.4) is 0 Å². The predicted molar refractivity (Wildman–Crippen MR) is 134 cm³/mol. The lowest BCUT2D eigenvalue weighted by atomic mass is 9.73. The molecule has 2 aliphatic rings. The number of fused-ring (bicyclic) bond motifs is 1. The molecule has 1 amide bonds. The third-order valence-electron chi connectivity index (χ3n) is 7.40. The second-order valence-corrected chi connectivity index (χ2v) is 10.5. The molecule has 4 heteroatoms. The lowest BCUT2D eigenvalue weighted by Crippen LogP contribution is -2.52. The first-order valence-corrected chi connectivity index (χ1v) is 12.8. The van der Waals surface area contributed by atoms with Crippen LogP contribution in [0.4, 0.5) is 0 Å². The minimum absolute atomic E-state index is 0.0456. The molecule has 0 radical (unpaired) electrons.